The number of nitrogens with zero attached hydrogens (tertiary/aromatic N) is 1. The zero-order valence-electron chi connectivity index (χ0n) is 14.9. The standard InChI is InChI=1S/C20H21N3O2S/c1-14-5-4-6-18(11-14)26(24,25)23-20-10-9-17(13-21-20)22-19-12-15(2)7-8-16(19)3/h4-13,22H,1-3H3,(H,21,23). The topological polar surface area (TPSA) is 71.1 Å². The molecule has 0 saturated carbocycles. The second kappa shape index (κ2) is 7.17. The fraction of sp³-hybridized carbons (Fsp3) is 0.150. The van der Waals surface area contributed by atoms with Gasteiger partial charge in [-0.15, -0.1) is 0 Å². The Morgan fingerprint density at radius 2 is 1.65 bits per heavy atom. The van der Waals surface area contributed by atoms with E-state index in [0.29, 0.717) is 0 Å². The van der Waals surface area contributed by atoms with E-state index >= 15 is 0 Å². The predicted octanol–water partition coefficient (Wildman–Crippen LogP) is 4.55. The van der Waals surface area contributed by atoms with Crippen LogP contribution in [0.5, 0.6) is 0 Å². The van der Waals surface area contributed by atoms with Gasteiger partial charge in [0.25, 0.3) is 10.0 Å². The van der Waals surface area contributed by atoms with Gasteiger partial charge in [0, 0.05) is 5.69 Å². The normalized spacial score (nSPS) is 11.2. The van der Waals surface area contributed by atoms with E-state index in [9.17, 15) is 8.42 Å². The van der Waals surface area contributed by atoms with Gasteiger partial charge in [0.2, 0.25) is 0 Å². The van der Waals surface area contributed by atoms with Crippen LogP contribution >= 0.6 is 0 Å². The molecule has 0 aliphatic heterocycles. The number of rotatable bonds is 5. The van der Waals surface area contributed by atoms with Crippen LogP contribution in [0.25, 0.3) is 0 Å². The number of pyridine rings is 1. The lowest BCUT2D eigenvalue weighted by Gasteiger charge is -2.12. The van der Waals surface area contributed by atoms with Crippen molar-refractivity contribution in [1.29, 1.82) is 0 Å². The zero-order chi connectivity index (χ0) is 18.7. The molecule has 0 aliphatic rings. The van der Waals surface area contributed by atoms with Gasteiger partial charge in [-0.05, 0) is 67.8 Å². The summed E-state index contributed by atoms with van der Waals surface area (Å²) in [6.07, 6.45) is 1.61. The molecule has 1 aromatic heterocycles. The van der Waals surface area contributed by atoms with Crippen molar-refractivity contribution in [3.8, 4) is 0 Å². The Morgan fingerprint density at radius 3 is 2.35 bits per heavy atom. The summed E-state index contributed by atoms with van der Waals surface area (Å²) in [7, 11) is -3.65. The molecule has 6 heteroatoms. The van der Waals surface area contributed by atoms with Crippen LogP contribution in [0.4, 0.5) is 17.2 Å². The second-order valence-electron chi connectivity index (χ2n) is 6.30. The molecule has 0 saturated heterocycles. The average molecular weight is 367 g/mol. The highest BCUT2D eigenvalue weighted by molar-refractivity contribution is 7.92. The van der Waals surface area contributed by atoms with E-state index < -0.39 is 10.0 Å². The fourth-order valence-corrected chi connectivity index (χ4v) is 3.65. The third kappa shape index (κ3) is 4.21. The molecular weight excluding hydrogens is 346 g/mol. The van der Waals surface area contributed by atoms with Crippen molar-refractivity contribution >= 4 is 27.2 Å². The predicted molar refractivity (Wildman–Crippen MR) is 105 cm³/mol. The summed E-state index contributed by atoms with van der Waals surface area (Å²) in [5, 5.41) is 3.30. The molecule has 0 spiro atoms. The first-order chi connectivity index (χ1) is 12.3. The van der Waals surface area contributed by atoms with Crippen molar-refractivity contribution in [3.05, 3.63) is 77.5 Å². The van der Waals surface area contributed by atoms with Gasteiger partial charge in [-0.2, -0.15) is 0 Å². The third-order valence-corrected chi connectivity index (χ3v) is 5.33. The molecule has 0 radical (unpaired) electrons. The number of aryl methyl sites for hydroxylation is 3. The molecular formula is C20H21N3O2S. The molecule has 1 heterocycles. The van der Waals surface area contributed by atoms with Crippen molar-refractivity contribution in [3.63, 3.8) is 0 Å². The van der Waals surface area contributed by atoms with E-state index in [4.69, 9.17) is 0 Å². The molecule has 0 bridgehead atoms. The summed E-state index contributed by atoms with van der Waals surface area (Å²) in [4.78, 5) is 4.43. The number of anilines is 3. The lowest BCUT2D eigenvalue weighted by Crippen LogP contribution is -2.14. The van der Waals surface area contributed by atoms with E-state index in [1.165, 1.54) is 0 Å². The smallest absolute Gasteiger partial charge is 0.263 e. The van der Waals surface area contributed by atoms with E-state index in [1.807, 2.05) is 26.8 Å². The Kier molecular flexibility index (Phi) is 4.95. The number of benzene rings is 2. The van der Waals surface area contributed by atoms with Crippen LogP contribution in [0.15, 0.2) is 65.7 Å². The highest BCUT2D eigenvalue weighted by Crippen LogP contribution is 2.22. The maximum Gasteiger partial charge on any atom is 0.263 e. The van der Waals surface area contributed by atoms with Crippen molar-refractivity contribution in [2.75, 3.05) is 10.0 Å². The summed E-state index contributed by atoms with van der Waals surface area (Å²) in [6, 6.07) is 16.4. The minimum atomic E-state index is -3.65. The summed E-state index contributed by atoms with van der Waals surface area (Å²) < 4.78 is 27.4. The quantitative estimate of drug-likeness (QED) is 0.694. The van der Waals surface area contributed by atoms with Crippen LogP contribution in [0.3, 0.4) is 0 Å². The molecule has 0 atom stereocenters. The van der Waals surface area contributed by atoms with Crippen molar-refractivity contribution in [1.82, 2.24) is 4.98 Å². The lowest BCUT2D eigenvalue weighted by atomic mass is 10.1. The van der Waals surface area contributed by atoms with Crippen LogP contribution in [0.1, 0.15) is 16.7 Å². The van der Waals surface area contributed by atoms with E-state index in [-0.39, 0.29) is 10.7 Å². The lowest BCUT2D eigenvalue weighted by molar-refractivity contribution is 0.601. The Hall–Kier alpha value is -2.86. The Balaban J connectivity index is 1.76. The molecule has 2 aromatic carbocycles. The number of aromatic nitrogens is 1. The Morgan fingerprint density at radius 1 is 0.885 bits per heavy atom. The highest BCUT2D eigenvalue weighted by Gasteiger charge is 2.14. The largest absolute Gasteiger partial charge is 0.354 e. The molecule has 0 unspecified atom stereocenters. The molecule has 5 nitrogen and oxygen atoms in total. The first-order valence-electron chi connectivity index (χ1n) is 8.23. The van der Waals surface area contributed by atoms with E-state index in [2.05, 4.69) is 33.2 Å². The monoisotopic (exact) mass is 367 g/mol. The maximum atomic E-state index is 12.4. The number of hydrogen-bond donors (Lipinski definition) is 2. The average Bonchev–Trinajstić information content (AvgIpc) is 2.60. The van der Waals surface area contributed by atoms with Crippen LogP contribution < -0.4 is 10.0 Å². The van der Waals surface area contributed by atoms with Gasteiger partial charge in [-0.3, -0.25) is 4.72 Å². The Bertz CT molecular complexity index is 1030. The minimum Gasteiger partial charge on any atom is -0.354 e. The van der Waals surface area contributed by atoms with Gasteiger partial charge in [-0.25, -0.2) is 13.4 Å². The number of hydrogen-bond acceptors (Lipinski definition) is 4. The maximum absolute atomic E-state index is 12.4. The fourth-order valence-electron chi connectivity index (χ4n) is 2.53. The summed E-state index contributed by atoms with van der Waals surface area (Å²) in [5.74, 6) is 0.276. The number of nitrogens with one attached hydrogen (secondary N) is 2. The van der Waals surface area contributed by atoms with Gasteiger partial charge in [-0.1, -0.05) is 24.3 Å². The van der Waals surface area contributed by atoms with E-state index in [0.717, 1.165) is 28.1 Å². The van der Waals surface area contributed by atoms with Crippen LogP contribution in [-0.4, -0.2) is 13.4 Å². The van der Waals surface area contributed by atoms with Gasteiger partial charge in [0.1, 0.15) is 5.82 Å². The molecule has 26 heavy (non-hydrogen) atoms. The molecule has 134 valence electrons. The molecule has 0 aliphatic carbocycles. The van der Waals surface area contributed by atoms with Crippen molar-refractivity contribution in [2.24, 2.45) is 0 Å². The zero-order valence-corrected chi connectivity index (χ0v) is 15.8. The van der Waals surface area contributed by atoms with Gasteiger partial charge in [0.15, 0.2) is 0 Å². The highest BCUT2D eigenvalue weighted by atomic mass is 32.2. The second-order valence-corrected chi connectivity index (χ2v) is 7.98. The summed E-state index contributed by atoms with van der Waals surface area (Å²) in [6.45, 7) is 5.91. The molecule has 3 aromatic rings. The first kappa shape index (κ1) is 17.9. The van der Waals surface area contributed by atoms with Crippen molar-refractivity contribution in [2.45, 2.75) is 25.7 Å². The molecule has 0 fully saturated rings. The van der Waals surface area contributed by atoms with Crippen LogP contribution in [0, 0.1) is 20.8 Å². The molecule has 2 N–H and O–H groups in total. The first-order valence-corrected chi connectivity index (χ1v) is 9.72. The van der Waals surface area contributed by atoms with Gasteiger partial charge < -0.3 is 5.32 Å². The third-order valence-electron chi connectivity index (χ3n) is 3.97. The summed E-state index contributed by atoms with van der Waals surface area (Å²) in [5.41, 5.74) is 4.96. The molecule has 3 rings (SSSR count). The van der Waals surface area contributed by atoms with Gasteiger partial charge in [0.05, 0.1) is 16.8 Å². The van der Waals surface area contributed by atoms with Crippen LogP contribution in [0.2, 0.25) is 0 Å². The number of sulfonamides is 1. The van der Waals surface area contributed by atoms with Crippen LogP contribution in [-0.2, 0) is 10.0 Å². The summed E-state index contributed by atoms with van der Waals surface area (Å²) >= 11 is 0. The SMILES string of the molecule is Cc1cccc(S(=O)(=O)Nc2ccc(Nc3cc(C)ccc3C)cn2)c1. The van der Waals surface area contributed by atoms with E-state index in [1.54, 1.807) is 36.5 Å². The minimum absolute atomic E-state index is 0.219. The Labute approximate surface area is 154 Å². The van der Waals surface area contributed by atoms with Gasteiger partial charge >= 0.3 is 0 Å². The van der Waals surface area contributed by atoms with Crippen molar-refractivity contribution < 1.29 is 8.42 Å². The molecule has 0 amide bonds.